The lowest BCUT2D eigenvalue weighted by molar-refractivity contribution is 0.0996. The third kappa shape index (κ3) is 2.69. The van der Waals surface area contributed by atoms with E-state index in [1.807, 2.05) is 0 Å². The molecule has 0 aliphatic carbocycles. The second-order valence-electron chi connectivity index (χ2n) is 3.65. The highest BCUT2D eigenvalue weighted by atomic mass is 35.5. The molecule has 6 nitrogen and oxygen atoms in total. The second kappa shape index (κ2) is 5.82. The minimum absolute atomic E-state index is 0.00516. The lowest BCUT2D eigenvalue weighted by Crippen LogP contribution is -2.12. The van der Waals surface area contributed by atoms with Crippen LogP contribution in [-0.2, 0) is 0 Å². The summed E-state index contributed by atoms with van der Waals surface area (Å²) >= 11 is 12.1. The molecule has 0 radical (unpaired) electrons. The molecule has 20 heavy (non-hydrogen) atoms. The van der Waals surface area contributed by atoms with E-state index in [1.54, 1.807) is 0 Å². The van der Waals surface area contributed by atoms with Crippen LogP contribution in [0.25, 0.3) is 11.3 Å². The van der Waals surface area contributed by atoms with Crippen molar-refractivity contribution in [1.29, 1.82) is 0 Å². The van der Waals surface area contributed by atoms with Crippen LogP contribution in [0.15, 0.2) is 12.1 Å². The van der Waals surface area contributed by atoms with Crippen LogP contribution in [0.3, 0.4) is 0 Å². The lowest BCUT2D eigenvalue weighted by Gasteiger charge is -2.09. The van der Waals surface area contributed by atoms with Gasteiger partial charge < -0.3 is 10.5 Å². The van der Waals surface area contributed by atoms with Gasteiger partial charge in [0.1, 0.15) is 12.3 Å². The van der Waals surface area contributed by atoms with Gasteiger partial charge in [-0.1, -0.05) is 29.1 Å². The second-order valence-corrected chi connectivity index (χ2v) is 4.46. The number of hydrogen-bond donors (Lipinski definition) is 2. The number of amides is 1. The molecular formula is C12H8Cl2N4O2. The van der Waals surface area contributed by atoms with Gasteiger partial charge in [-0.05, 0) is 12.1 Å². The summed E-state index contributed by atoms with van der Waals surface area (Å²) in [5.74, 6) is 1.86. The number of rotatable bonds is 4. The van der Waals surface area contributed by atoms with Gasteiger partial charge in [0.05, 0.1) is 10.0 Å². The van der Waals surface area contributed by atoms with Crippen LogP contribution in [0.2, 0.25) is 10.0 Å². The Labute approximate surface area is 124 Å². The summed E-state index contributed by atoms with van der Waals surface area (Å²) in [7, 11) is 0. The lowest BCUT2D eigenvalue weighted by atomic mass is 10.1. The zero-order valence-electron chi connectivity index (χ0n) is 9.98. The molecule has 0 fully saturated rings. The average molecular weight is 311 g/mol. The van der Waals surface area contributed by atoms with Crippen molar-refractivity contribution in [2.75, 3.05) is 6.61 Å². The Morgan fingerprint density at radius 1 is 1.40 bits per heavy atom. The number of carbonyl (C=O) groups is 1. The van der Waals surface area contributed by atoms with E-state index in [1.165, 1.54) is 12.1 Å². The van der Waals surface area contributed by atoms with Gasteiger partial charge in [-0.25, -0.2) is 0 Å². The van der Waals surface area contributed by atoms with Crippen LogP contribution in [0.1, 0.15) is 10.5 Å². The highest BCUT2D eigenvalue weighted by Gasteiger charge is 2.18. The van der Waals surface area contributed by atoms with Crippen molar-refractivity contribution in [3.05, 3.63) is 27.9 Å². The molecule has 3 N–H and O–H groups in total. The van der Waals surface area contributed by atoms with Crippen LogP contribution < -0.4 is 10.5 Å². The minimum Gasteiger partial charge on any atom is -0.478 e. The van der Waals surface area contributed by atoms with Crippen molar-refractivity contribution < 1.29 is 9.53 Å². The summed E-state index contributed by atoms with van der Waals surface area (Å²) in [4.78, 5) is 11.2. The molecule has 8 heteroatoms. The number of nitrogens with zero attached hydrogens (tertiary/aromatic N) is 2. The number of aromatic nitrogens is 3. The number of primary amides is 1. The Hall–Kier alpha value is -2.23. The standard InChI is InChI=1S/C12H8Cl2N4O2/c1-2-3-20-11-7(13)4-6(5-8(11)14)9-10(12(15)19)17-18-16-9/h1,4-5H,3H2,(H2,15,19)(H,16,17,18). The molecule has 0 bridgehead atoms. The Morgan fingerprint density at radius 3 is 2.60 bits per heavy atom. The number of nitrogens with two attached hydrogens (primary N) is 1. The number of aromatic amines is 1. The monoisotopic (exact) mass is 310 g/mol. The molecule has 0 atom stereocenters. The van der Waals surface area contributed by atoms with Gasteiger partial charge in [0.2, 0.25) is 0 Å². The Balaban J connectivity index is 2.47. The smallest absolute Gasteiger partial charge is 0.271 e. The van der Waals surface area contributed by atoms with Gasteiger partial charge in [0.15, 0.2) is 11.4 Å². The van der Waals surface area contributed by atoms with Crippen molar-refractivity contribution in [3.63, 3.8) is 0 Å². The summed E-state index contributed by atoms with van der Waals surface area (Å²) in [6.45, 7) is 0.0370. The van der Waals surface area contributed by atoms with Gasteiger partial charge in [-0.3, -0.25) is 4.79 Å². The molecule has 1 amide bonds. The summed E-state index contributed by atoms with van der Waals surface area (Å²) in [5.41, 5.74) is 5.93. The molecule has 0 aliphatic rings. The van der Waals surface area contributed by atoms with E-state index in [0.29, 0.717) is 5.56 Å². The van der Waals surface area contributed by atoms with Gasteiger partial charge >= 0.3 is 0 Å². The maximum absolute atomic E-state index is 11.2. The quantitative estimate of drug-likeness (QED) is 0.843. The predicted molar refractivity (Wildman–Crippen MR) is 74.7 cm³/mol. The molecule has 0 aliphatic heterocycles. The normalized spacial score (nSPS) is 10.1. The number of H-pyrrole nitrogens is 1. The van der Waals surface area contributed by atoms with Crippen LogP contribution in [0.4, 0.5) is 0 Å². The van der Waals surface area contributed by atoms with Crippen molar-refractivity contribution in [2.24, 2.45) is 5.73 Å². The number of hydrogen-bond acceptors (Lipinski definition) is 4. The fourth-order valence-corrected chi connectivity index (χ4v) is 2.15. The molecule has 0 spiro atoms. The van der Waals surface area contributed by atoms with Gasteiger partial charge in [-0.15, -0.1) is 6.42 Å². The summed E-state index contributed by atoms with van der Waals surface area (Å²) < 4.78 is 5.23. The highest BCUT2D eigenvalue weighted by molar-refractivity contribution is 6.37. The fraction of sp³-hybridized carbons (Fsp3) is 0.0833. The van der Waals surface area contributed by atoms with Crippen LogP contribution in [0.5, 0.6) is 5.75 Å². The third-order valence-corrected chi connectivity index (χ3v) is 2.91. The third-order valence-electron chi connectivity index (χ3n) is 2.35. The maximum atomic E-state index is 11.2. The molecule has 2 aromatic rings. The van der Waals surface area contributed by atoms with Gasteiger partial charge in [0, 0.05) is 5.56 Å². The van der Waals surface area contributed by atoms with Crippen LogP contribution in [-0.4, -0.2) is 27.9 Å². The molecule has 0 saturated heterocycles. The zero-order chi connectivity index (χ0) is 14.7. The number of carbonyl (C=O) groups excluding carboxylic acids is 1. The Morgan fingerprint density at radius 2 is 2.05 bits per heavy atom. The minimum atomic E-state index is -0.714. The maximum Gasteiger partial charge on any atom is 0.271 e. The largest absolute Gasteiger partial charge is 0.478 e. The summed E-state index contributed by atoms with van der Waals surface area (Å²) in [6.07, 6.45) is 5.10. The molecule has 0 unspecified atom stereocenters. The first-order valence-electron chi connectivity index (χ1n) is 5.30. The highest BCUT2D eigenvalue weighted by Crippen LogP contribution is 2.37. The first-order valence-corrected chi connectivity index (χ1v) is 6.06. The van der Waals surface area contributed by atoms with E-state index in [0.717, 1.165) is 0 Å². The van der Waals surface area contributed by atoms with Crippen molar-refractivity contribution in [2.45, 2.75) is 0 Å². The van der Waals surface area contributed by atoms with Gasteiger partial charge in [-0.2, -0.15) is 15.4 Å². The topological polar surface area (TPSA) is 93.9 Å². The number of benzene rings is 1. The molecule has 1 aromatic carbocycles. The van der Waals surface area contributed by atoms with E-state index in [9.17, 15) is 4.79 Å². The molecule has 102 valence electrons. The predicted octanol–water partition coefficient (Wildman–Crippen LogP) is 1.89. The molecular weight excluding hydrogens is 303 g/mol. The molecule has 1 heterocycles. The average Bonchev–Trinajstić information content (AvgIpc) is 2.87. The van der Waals surface area contributed by atoms with Crippen molar-refractivity contribution >= 4 is 29.1 Å². The van der Waals surface area contributed by atoms with Crippen molar-refractivity contribution in [1.82, 2.24) is 15.4 Å². The molecule has 2 rings (SSSR count). The molecule has 1 aromatic heterocycles. The van der Waals surface area contributed by atoms with E-state index < -0.39 is 5.91 Å². The van der Waals surface area contributed by atoms with E-state index >= 15 is 0 Å². The van der Waals surface area contributed by atoms with E-state index in [-0.39, 0.29) is 33.8 Å². The molecule has 0 saturated carbocycles. The zero-order valence-corrected chi connectivity index (χ0v) is 11.5. The van der Waals surface area contributed by atoms with Gasteiger partial charge in [0.25, 0.3) is 5.91 Å². The Bertz CT molecular complexity index is 683. The first kappa shape index (κ1) is 14.2. The van der Waals surface area contributed by atoms with Crippen LogP contribution >= 0.6 is 23.2 Å². The number of halogens is 2. The van der Waals surface area contributed by atoms with Crippen molar-refractivity contribution in [3.8, 4) is 29.4 Å². The number of terminal acetylenes is 1. The van der Waals surface area contributed by atoms with Crippen LogP contribution in [0, 0.1) is 12.3 Å². The fourth-order valence-electron chi connectivity index (χ4n) is 1.55. The summed E-state index contributed by atoms with van der Waals surface area (Å²) in [5, 5.41) is 10.3. The number of ether oxygens (including phenoxy) is 1. The first-order chi connectivity index (χ1) is 9.54. The Kier molecular flexibility index (Phi) is 4.13. The van der Waals surface area contributed by atoms with E-state index in [2.05, 4.69) is 21.3 Å². The number of nitrogens with one attached hydrogen (secondary N) is 1. The van der Waals surface area contributed by atoms with E-state index in [4.69, 9.17) is 40.1 Å². The summed E-state index contributed by atoms with van der Waals surface area (Å²) in [6, 6.07) is 3.06. The SMILES string of the molecule is C#CCOc1c(Cl)cc(-c2n[nH]nc2C(N)=O)cc1Cl.